The fourth-order valence-corrected chi connectivity index (χ4v) is 6.18. The Morgan fingerprint density at radius 3 is 2.50 bits per heavy atom. The molecule has 1 N–H and O–H groups in total. The summed E-state index contributed by atoms with van der Waals surface area (Å²) in [4.78, 5) is 7.38. The first-order valence-electron chi connectivity index (χ1n) is 11.9. The van der Waals surface area contributed by atoms with E-state index in [1.165, 1.54) is 0 Å². The lowest BCUT2D eigenvalue weighted by Gasteiger charge is -2.31. The monoisotopic (exact) mass is 488 g/mol. The molecule has 9 nitrogen and oxygen atoms in total. The molecule has 3 heterocycles. The molecule has 1 aromatic carbocycles. The molecule has 10 heteroatoms. The third-order valence-corrected chi connectivity index (χ3v) is 8.66. The molecule has 0 aromatic heterocycles. The molecule has 1 aromatic rings. The molecule has 0 saturated carbocycles. The number of sulfonamides is 1. The van der Waals surface area contributed by atoms with Crippen molar-refractivity contribution in [3.05, 3.63) is 47.4 Å². The highest BCUT2D eigenvalue weighted by atomic mass is 32.2. The molecule has 1 unspecified atom stereocenters. The molecule has 0 spiro atoms. The Morgan fingerprint density at radius 1 is 1.15 bits per heavy atom. The standard InChI is InChI=1S/C24H36N6O3S/c1-7-9-20-22-23(29(6)28(20)5)17(3)25-24(26-22)19-16-18(10-11-21(19)33-8-2)34(31,32)30-14-12-27(4)13-15-30/h10-11,16,20H,3,7-9,12-15H2,1-2,4-6H3,(H,25,26). The molecule has 186 valence electrons. The molecule has 1 fully saturated rings. The summed E-state index contributed by atoms with van der Waals surface area (Å²) < 4.78 is 34.3. The Kier molecular flexibility index (Phi) is 7.04. The van der Waals surface area contributed by atoms with E-state index in [9.17, 15) is 8.42 Å². The quantitative estimate of drug-likeness (QED) is 0.629. The number of nitrogens with one attached hydrogen (secondary N) is 1. The number of aliphatic imine (C=N–C) groups is 1. The maximum absolute atomic E-state index is 13.4. The Balaban J connectivity index is 1.77. The van der Waals surface area contributed by atoms with Crippen molar-refractivity contribution in [1.82, 2.24) is 24.5 Å². The van der Waals surface area contributed by atoms with E-state index in [2.05, 4.69) is 40.8 Å². The zero-order valence-electron chi connectivity index (χ0n) is 20.8. The average molecular weight is 489 g/mol. The fraction of sp³-hybridized carbons (Fsp3) is 0.542. The van der Waals surface area contributed by atoms with Crippen molar-refractivity contribution in [2.45, 2.75) is 37.6 Å². The van der Waals surface area contributed by atoms with Crippen LogP contribution in [0.5, 0.6) is 5.75 Å². The Bertz CT molecular complexity index is 1120. The zero-order valence-corrected chi connectivity index (χ0v) is 21.7. The van der Waals surface area contributed by atoms with E-state index in [4.69, 9.17) is 9.73 Å². The number of ether oxygens (including phenoxy) is 1. The van der Waals surface area contributed by atoms with E-state index >= 15 is 0 Å². The Labute approximate surface area is 203 Å². The van der Waals surface area contributed by atoms with E-state index in [1.54, 1.807) is 22.5 Å². The molecule has 34 heavy (non-hydrogen) atoms. The van der Waals surface area contributed by atoms with Crippen molar-refractivity contribution < 1.29 is 13.2 Å². The highest BCUT2D eigenvalue weighted by Crippen LogP contribution is 2.37. The molecule has 0 aliphatic carbocycles. The lowest BCUT2D eigenvalue weighted by atomic mass is 10.0. The smallest absolute Gasteiger partial charge is 0.243 e. The minimum absolute atomic E-state index is 0.131. The van der Waals surface area contributed by atoms with Gasteiger partial charge in [-0.25, -0.2) is 18.4 Å². The van der Waals surface area contributed by atoms with Gasteiger partial charge in [0.2, 0.25) is 10.0 Å². The number of benzene rings is 1. The van der Waals surface area contributed by atoms with Gasteiger partial charge in [-0.2, -0.15) is 4.31 Å². The highest BCUT2D eigenvalue weighted by Gasteiger charge is 2.38. The molecule has 1 saturated heterocycles. The normalized spacial score (nSPS) is 22.6. The Hall–Kier alpha value is -2.40. The van der Waals surface area contributed by atoms with Crippen LogP contribution >= 0.6 is 0 Å². The van der Waals surface area contributed by atoms with Crippen LogP contribution in [0.25, 0.3) is 0 Å². The van der Waals surface area contributed by atoms with Gasteiger partial charge in [0.1, 0.15) is 11.6 Å². The van der Waals surface area contributed by atoms with Gasteiger partial charge in [-0.05, 0) is 38.6 Å². The van der Waals surface area contributed by atoms with Gasteiger partial charge in [-0.1, -0.05) is 19.9 Å². The predicted molar refractivity (Wildman–Crippen MR) is 134 cm³/mol. The lowest BCUT2D eigenvalue weighted by Crippen LogP contribution is -2.47. The van der Waals surface area contributed by atoms with Crippen LogP contribution in [0.15, 0.2) is 51.8 Å². The van der Waals surface area contributed by atoms with Crippen molar-refractivity contribution in [2.24, 2.45) is 4.99 Å². The number of amidine groups is 1. The van der Waals surface area contributed by atoms with Crippen molar-refractivity contribution in [3.8, 4) is 5.75 Å². The molecule has 3 aliphatic rings. The maximum atomic E-state index is 13.4. The SMILES string of the molecule is C=C1NC(c2cc(S(=O)(=O)N3CCN(C)CC3)ccc2OCC)=NC2=C1N(C)N(C)C2CCC. The molecule has 4 rings (SSSR count). The number of piperazine rings is 1. The van der Waals surface area contributed by atoms with Crippen LogP contribution in [-0.2, 0) is 10.0 Å². The number of hydrazine groups is 1. The third-order valence-electron chi connectivity index (χ3n) is 6.76. The lowest BCUT2D eigenvalue weighted by molar-refractivity contribution is 0.0593. The van der Waals surface area contributed by atoms with Gasteiger partial charge in [0, 0.05) is 40.3 Å². The van der Waals surface area contributed by atoms with Crippen LogP contribution in [-0.4, -0.2) is 93.4 Å². The maximum Gasteiger partial charge on any atom is 0.243 e. The van der Waals surface area contributed by atoms with Gasteiger partial charge in [0.25, 0.3) is 0 Å². The summed E-state index contributed by atoms with van der Waals surface area (Å²) in [7, 11) is 2.44. The van der Waals surface area contributed by atoms with E-state index < -0.39 is 10.0 Å². The second-order valence-corrected chi connectivity index (χ2v) is 10.9. The largest absolute Gasteiger partial charge is 0.493 e. The minimum Gasteiger partial charge on any atom is -0.493 e. The number of hydrogen-bond donors (Lipinski definition) is 1. The zero-order chi connectivity index (χ0) is 24.6. The average Bonchev–Trinajstić information content (AvgIpc) is 3.05. The predicted octanol–water partition coefficient (Wildman–Crippen LogP) is 2.06. The Morgan fingerprint density at radius 2 is 1.85 bits per heavy atom. The van der Waals surface area contributed by atoms with Gasteiger partial charge < -0.3 is 20.0 Å². The van der Waals surface area contributed by atoms with Crippen molar-refractivity contribution in [3.63, 3.8) is 0 Å². The van der Waals surface area contributed by atoms with Crippen LogP contribution < -0.4 is 10.1 Å². The molecule has 0 radical (unpaired) electrons. The van der Waals surface area contributed by atoms with Crippen LogP contribution in [0.2, 0.25) is 0 Å². The van der Waals surface area contributed by atoms with Crippen LogP contribution in [0.4, 0.5) is 0 Å². The summed E-state index contributed by atoms with van der Waals surface area (Å²) in [6.45, 7) is 11.2. The first-order chi connectivity index (χ1) is 16.2. The van der Waals surface area contributed by atoms with Gasteiger partial charge in [0.05, 0.1) is 40.2 Å². The summed E-state index contributed by atoms with van der Waals surface area (Å²) in [6, 6.07) is 5.17. The van der Waals surface area contributed by atoms with Crippen LogP contribution in [0.1, 0.15) is 32.3 Å². The summed E-state index contributed by atoms with van der Waals surface area (Å²) >= 11 is 0. The molecule has 0 amide bonds. The number of likely N-dealkylation sites (N-methyl/N-ethyl adjacent to an activating group) is 3. The van der Waals surface area contributed by atoms with Crippen LogP contribution in [0, 0.1) is 0 Å². The van der Waals surface area contributed by atoms with E-state index in [0.717, 1.165) is 29.9 Å². The third kappa shape index (κ3) is 4.35. The van der Waals surface area contributed by atoms with Crippen molar-refractivity contribution >= 4 is 15.9 Å². The molecule has 1 atom stereocenters. The van der Waals surface area contributed by atoms with E-state index in [-0.39, 0.29) is 10.9 Å². The minimum atomic E-state index is -3.63. The van der Waals surface area contributed by atoms with Gasteiger partial charge in [0.15, 0.2) is 0 Å². The molecular weight excluding hydrogens is 452 g/mol. The number of rotatable bonds is 7. The summed E-state index contributed by atoms with van der Waals surface area (Å²) in [5.41, 5.74) is 3.27. The van der Waals surface area contributed by atoms with Gasteiger partial charge in [-0.3, -0.25) is 0 Å². The molecule has 3 aliphatic heterocycles. The fourth-order valence-electron chi connectivity index (χ4n) is 4.73. The second kappa shape index (κ2) is 9.69. The number of hydrogen-bond acceptors (Lipinski definition) is 8. The summed E-state index contributed by atoms with van der Waals surface area (Å²) in [5.74, 6) is 1.15. The highest BCUT2D eigenvalue weighted by molar-refractivity contribution is 7.89. The van der Waals surface area contributed by atoms with Gasteiger partial charge >= 0.3 is 0 Å². The summed E-state index contributed by atoms with van der Waals surface area (Å²) in [6.07, 6.45) is 1.98. The molecule has 0 bridgehead atoms. The topological polar surface area (TPSA) is 80.7 Å². The van der Waals surface area contributed by atoms with Crippen molar-refractivity contribution in [2.75, 3.05) is 53.9 Å². The van der Waals surface area contributed by atoms with Crippen molar-refractivity contribution in [1.29, 1.82) is 0 Å². The van der Waals surface area contributed by atoms with Crippen LogP contribution in [0.3, 0.4) is 0 Å². The summed E-state index contributed by atoms with van der Waals surface area (Å²) in [5, 5.41) is 7.56. The first-order valence-corrected chi connectivity index (χ1v) is 13.3. The second-order valence-electron chi connectivity index (χ2n) is 9.00. The van der Waals surface area contributed by atoms with Gasteiger partial charge in [-0.15, -0.1) is 0 Å². The van der Waals surface area contributed by atoms with E-state index in [1.807, 2.05) is 21.0 Å². The first kappa shape index (κ1) is 24.7. The van der Waals surface area contributed by atoms with E-state index in [0.29, 0.717) is 49.9 Å². The number of nitrogens with zero attached hydrogens (tertiary/aromatic N) is 5. The molecular formula is C24H36N6O3S.